The third-order valence-corrected chi connectivity index (χ3v) is 0.785. The summed E-state index contributed by atoms with van der Waals surface area (Å²) in [5.74, 6) is 0. The summed E-state index contributed by atoms with van der Waals surface area (Å²) in [5.41, 5.74) is 0. The molecule has 0 radical (unpaired) electrons. The molecule has 0 aliphatic carbocycles. The summed E-state index contributed by atoms with van der Waals surface area (Å²) in [6.45, 7) is 0.0579. The van der Waals surface area contributed by atoms with Gasteiger partial charge in [0.25, 0.3) is 0 Å². The Labute approximate surface area is 94.9 Å². The predicted molar refractivity (Wildman–Crippen MR) is 22.3 cm³/mol. The van der Waals surface area contributed by atoms with Gasteiger partial charge in [-0.05, 0) is 0 Å². The van der Waals surface area contributed by atoms with E-state index in [9.17, 15) is 9.90 Å². The van der Waals surface area contributed by atoms with Crippen LogP contribution < -0.4 is 56.5 Å². The molecule has 0 aromatic rings. The van der Waals surface area contributed by atoms with Gasteiger partial charge < -0.3 is 14.6 Å². The molecule has 0 spiro atoms. The molecule has 5 heteroatoms. The summed E-state index contributed by atoms with van der Waals surface area (Å²) in [5, 5.41) is 9.89. The zero-order chi connectivity index (χ0) is 5.98. The van der Waals surface area contributed by atoms with Gasteiger partial charge in [0.1, 0.15) is 12.4 Å². The van der Waals surface area contributed by atoms with E-state index in [1.165, 1.54) is 12.5 Å². The summed E-state index contributed by atoms with van der Waals surface area (Å²) >= 11 is 0. The summed E-state index contributed by atoms with van der Waals surface area (Å²) in [4.78, 5) is 10.8. The number of rotatable bonds is 0. The van der Waals surface area contributed by atoms with Crippen molar-refractivity contribution in [1.82, 2.24) is 4.90 Å². The van der Waals surface area contributed by atoms with Crippen molar-refractivity contribution in [2.75, 3.05) is 6.73 Å². The molecule has 44 valence electrons. The molecular weight excluding hydrogens is 149 g/mol. The van der Waals surface area contributed by atoms with E-state index in [1.54, 1.807) is 0 Å². The van der Waals surface area contributed by atoms with E-state index in [-0.39, 0.29) is 58.1 Å². The average molecular weight is 153 g/mol. The van der Waals surface area contributed by atoms with E-state index in [1.807, 2.05) is 0 Å². The molecule has 1 amide bonds. The minimum Gasteiger partial charge on any atom is -0.530 e. The van der Waals surface area contributed by atoms with Gasteiger partial charge in [0.2, 0.25) is 0 Å². The first-order valence-corrected chi connectivity index (χ1v) is 2.06. The van der Waals surface area contributed by atoms with Crippen LogP contribution in [0.3, 0.4) is 0 Å². The molecule has 0 atom stereocenters. The van der Waals surface area contributed by atoms with E-state index in [0.29, 0.717) is 0 Å². The van der Waals surface area contributed by atoms with Crippen LogP contribution >= 0.6 is 0 Å². The van der Waals surface area contributed by atoms with E-state index in [2.05, 4.69) is 4.74 Å². The maximum absolute atomic E-state index is 9.89. The van der Waals surface area contributed by atoms with Gasteiger partial charge in [-0.15, -0.1) is 0 Å². The van der Waals surface area contributed by atoms with Crippen LogP contribution in [0, 0.1) is 0 Å². The van der Waals surface area contributed by atoms with Crippen molar-refractivity contribution in [3.8, 4) is 0 Å². The molecular formula is C4H4KNO3. The Hall–Kier alpha value is 0.446. The number of carbonyl (C=O) groups excluding carboxylic acids is 1. The molecule has 4 nitrogen and oxygen atoms in total. The molecule has 0 saturated heterocycles. The van der Waals surface area contributed by atoms with Crippen molar-refractivity contribution in [3.63, 3.8) is 0 Å². The van der Waals surface area contributed by atoms with Gasteiger partial charge in [-0.2, -0.15) is 0 Å². The van der Waals surface area contributed by atoms with Gasteiger partial charge in [0, 0.05) is 6.20 Å². The van der Waals surface area contributed by atoms with E-state index in [0.717, 1.165) is 4.90 Å². The quantitative estimate of drug-likeness (QED) is 0.334. The Morgan fingerprint density at radius 3 is 2.67 bits per heavy atom. The number of nitrogens with zero attached hydrogens (tertiary/aromatic N) is 1. The Balaban J connectivity index is 0.000000640. The molecule has 0 aromatic carbocycles. The normalized spacial score (nSPS) is 14.4. The minimum absolute atomic E-state index is 0. The average Bonchev–Trinajstić information content (AvgIpc) is 2.12. The number of hydrogen-bond acceptors (Lipinski definition) is 3. The zero-order valence-electron chi connectivity index (χ0n) is 5.03. The molecule has 0 saturated carbocycles. The second-order valence-electron chi connectivity index (χ2n) is 1.32. The molecule has 1 aliphatic rings. The summed E-state index contributed by atoms with van der Waals surface area (Å²) in [7, 11) is 0. The van der Waals surface area contributed by atoms with Gasteiger partial charge in [-0.1, -0.05) is 0 Å². The monoisotopic (exact) mass is 153 g/mol. The Bertz CT molecular complexity index is 136. The van der Waals surface area contributed by atoms with Crippen LogP contribution in [0.4, 0.5) is 4.79 Å². The summed E-state index contributed by atoms with van der Waals surface area (Å²) in [6, 6.07) is 0. The fourth-order valence-corrected chi connectivity index (χ4v) is 0.396. The van der Waals surface area contributed by atoms with Crippen molar-refractivity contribution < 1.29 is 66.0 Å². The first-order chi connectivity index (χ1) is 3.80. The van der Waals surface area contributed by atoms with Crippen molar-refractivity contribution in [1.29, 1.82) is 0 Å². The number of carboxylic acid groups (broad SMARTS) is 1. The molecule has 0 aromatic heterocycles. The van der Waals surface area contributed by atoms with Gasteiger partial charge >= 0.3 is 51.4 Å². The topological polar surface area (TPSA) is 52.6 Å². The second-order valence-corrected chi connectivity index (χ2v) is 1.32. The number of ether oxygens (including phenoxy) is 1. The van der Waals surface area contributed by atoms with Crippen molar-refractivity contribution in [3.05, 3.63) is 12.5 Å². The molecule has 0 N–H and O–H groups in total. The molecule has 0 bridgehead atoms. The molecule has 1 aliphatic heterocycles. The second kappa shape index (κ2) is 4.29. The fraction of sp³-hybridized carbons (Fsp3) is 0.250. The maximum Gasteiger partial charge on any atom is 1.00 e. The SMILES string of the molecule is O=C([O-])N1C=COC1.[K+]. The predicted octanol–water partition coefficient (Wildman–Crippen LogP) is -3.91. The number of hydrogen-bond donors (Lipinski definition) is 0. The van der Waals surface area contributed by atoms with Crippen LogP contribution in [0.2, 0.25) is 0 Å². The smallest absolute Gasteiger partial charge is 0.530 e. The van der Waals surface area contributed by atoms with Gasteiger partial charge in [-0.3, -0.25) is 4.90 Å². The van der Waals surface area contributed by atoms with Crippen molar-refractivity contribution in [2.24, 2.45) is 0 Å². The minimum atomic E-state index is -1.24. The third kappa shape index (κ3) is 2.68. The molecule has 9 heavy (non-hydrogen) atoms. The Morgan fingerprint density at radius 1 is 1.78 bits per heavy atom. The fourth-order valence-electron chi connectivity index (χ4n) is 0.396. The first-order valence-electron chi connectivity index (χ1n) is 2.06. The molecule has 1 heterocycles. The van der Waals surface area contributed by atoms with Crippen LogP contribution in [-0.2, 0) is 4.74 Å². The summed E-state index contributed by atoms with van der Waals surface area (Å²) < 4.78 is 4.54. The molecule has 1 rings (SSSR count). The van der Waals surface area contributed by atoms with Crippen LogP contribution in [-0.4, -0.2) is 17.7 Å². The van der Waals surface area contributed by atoms with Crippen molar-refractivity contribution >= 4 is 6.09 Å². The van der Waals surface area contributed by atoms with Crippen LogP contribution in [0.15, 0.2) is 12.5 Å². The number of carbonyl (C=O) groups is 1. The molecule has 0 unspecified atom stereocenters. The largest absolute Gasteiger partial charge is 1.00 e. The van der Waals surface area contributed by atoms with E-state index >= 15 is 0 Å². The third-order valence-electron chi connectivity index (χ3n) is 0.785. The Kier molecular flexibility index (Phi) is 4.50. The molecule has 0 fully saturated rings. The zero-order valence-corrected chi connectivity index (χ0v) is 8.16. The van der Waals surface area contributed by atoms with Gasteiger partial charge in [0.15, 0.2) is 6.73 Å². The first kappa shape index (κ1) is 9.45. The van der Waals surface area contributed by atoms with E-state index < -0.39 is 6.09 Å². The Morgan fingerprint density at radius 2 is 2.44 bits per heavy atom. The van der Waals surface area contributed by atoms with Gasteiger partial charge in [-0.25, -0.2) is 0 Å². The summed E-state index contributed by atoms with van der Waals surface area (Å²) in [6.07, 6.45) is 1.37. The van der Waals surface area contributed by atoms with Gasteiger partial charge in [0.05, 0.1) is 0 Å². The maximum atomic E-state index is 9.89. The van der Waals surface area contributed by atoms with E-state index in [4.69, 9.17) is 0 Å². The van der Waals surface area contributed by atoms with Crippen LogP contribution in [0.25, 0.3) is 0 Å². The number of amides is 1. The standard InChI is InChI=1S/C4H5NO3.K/c6-4(7)5-1-2-8-3-5;/h1-2H,3H2,(H,6,7);/q;+1/p-1. The van der Waals surface area contributed by atoms with Crippen LogP contribution in [0.1, 0.15) is 0 Å². The van der Waals surface area contributed by atoms with Crippen LogP contribution in [0.5, 0.6) is 0 Å². The van der Waals surface area contributed by atoms with Crippen molar-refractivity contribution in [2.45, 2.75) is 0 Å².